The second-order valence-electron chi connectivity index (χ2n) is 8.70. The van der Waals surface area contributed by atoms with Gasteiger partial charge in [0.05, 0.1) is 12.5 Å². The van der Waals surface area contributed by atoms with Crippen LogP contribution in [0.15, 0.2) is 24.3 Å². The second kappa shape index (κ2) is 9.14. The lowest BCUT2D eigenvalue weighted by atomic mass is 9.92. The van der Waals surface area contributed by atoms with Gasteiger partial charge in [0.1, 0.15) is 29.2 Å². The number of carbonyl (C=O) groups excluding carboxylic acids is 4. The van der Waals surface area contributed by atoms with Gasteiger partial charge in [0.2, 0.25) is 23.6 Å². The van der Waals surface area contributed by atoms with Gasteiger partial charge in [0, 0.05) is 4.75 Å². The van der Waals surface area contributed by atoms with E-state index in [1.807, 2.05) is 0 Å². The van der Waals surface area contributed by atoms with Crippen molar-refractivity contribution in [1.29, 1.82) is 0 Å². The fourth-order valence-corrected chi connectivity index (χ4v) is 6.17. The SMILES string of the molecule is CN[C@H](CC(N)=O)C(=O)N([C@@H]1C(=O)N2[C@@H]1SC(C)(C)[C@@H]2C(=O)O)[C@@H](C(N)=O)c1ccc(O)cc1. The van der Waals surface area contributed by atoms with Crippen LogP contribution < -0.4 is 16.8 Å². The Morgan fingerprint density at radius 1 is 1.21 bits per heavy atom. The van der Waals surface area contributed by atoms with Crippen molar-refractivity contribution in [3.8, 4) is 5.75 Å². The van der Waals surface area contributed by atoms with Crippen molar-refractivity contribution >= 4 is 41.4 Å². The maximum Gasteiger partial charge on any atom is 0.327 e. The molecule has 7 N–H and O–H groups in total. The summed E-state index contributed by atoms with van der Waals surface area (Å²) in [4.78, 5) is 65.2. The lowest BCUT2D eigenvalue weighted by Crippen LogP contribution is -2.73. The minimum absolute atomic E-state index is 0.0880. The highest BCUT2D eigenvalue weighted by atomic mass is 32.2. The van der Waals surface area contributed by atoms with Gasteiger partial charge in [0.15, 0.2) is 0 Å². The van der Waals surface area contributed by atoms with E-state index in [0.717, 1.165) is 4.90 Å². The molecule has 1 aromatic carbocycles. The summed E-state index contributed by atoms with van der Waals surface area (Å²) in [6, 6.07) is 0.449. The number of carboxylic acids is 1. The van der Waals surface area contributed by atoms with E-state index in [-0.39, 0.29) is 11.3 Å². The van der Waals surface area contributed by atoms with Crippen LogP contribution in [-0.4, -0.2) is 84.9 Å². The van der Waals surface area contributed by atoms with Crippen LogP contribution in [0.5, 0.6) is 5.75 Å². The smallest absolute Gasteiger partial charge is 0.327 e. The van der Waals surface area contributed by atoms with E-state index in [2.05, 4.69) is 5.32 Å². The number of carbonyl (C=O) groups is 5. The van der Waals surface area contributed by atoms with Crippen molar-refractivity contribution in [3.05, 3.63) is 29.8 Å². The fraction of sp³-hybridized carbons (Fsp3) is 0.476. The van der Waals surface area contributed by atoms with Crippen LogP contribution in [0.2, 0.25) is 0 Å². The molecule has 2 aliphatic rings. The Morgan fingerprint density at radius 2 is 1.79 bits per heavy atom. The number of primary amides is 2. The number of rotatable bonds is 9. The average Bonchev–Trinajstić information content (AvgIpc) is 2.99. The molecule has 34 heavy (non-hydrogen) atoms. The Kier molecular flexibility index (Phi) is 6.80. The minimum atomic E-state index is -1.43. The summed E-state index contributed by atoms with van der Waals surface area (Å²) in [5, 5.41) is 21.3. The molecule has 184 valence electrons. The Hall–Kier alpha value is -3.32. The predicted octanol–water partition coefficient (Wildman–Crippen LogP) is -1.27. The van der Waals surface area contributed by atoms with Gasteiger partial charge in [-0.15, -0.1) is 11.8 Å². The van der Waals surface area contributed by atoms with E-state index >= 15 is 0 Å². The Labute approximate surface area is 199 Å². The average molecular weight is 494 g/mol. The molecule has 2 aliphatic heterocycles. The Balaban J connectivity index is 2.10. The second-order valence-corrected chi connectivity index (χ2v) is 10.5. The number of benzene rings is 1. The first-order valence-corrected chi connectivity index (χ1v) is 11.3. The largest absolute Gasteiger partial charge is 0.508 e. The van der Waals surface area contributed by atoms with Crippen LogP contribution in [0.3, 0.4) is 0 Å². The quantitative estimate of drug-likeness (QED) is 0.260. The van der Waals surface area contributed by atoms with Crippen molar-refractivity contribution < 1.29 is 34.2 Å². The van der Waals surface area contributed by atoms with Crippen molar-refractivity contribution in [1.82, 2.24) is 15.1 Å². The molecule has 1 aromatic rings. The van der Waals surface area contributed by atoms with Crippen LogP contribution in [0.25, 0.3) is 0 Å². The number of nitrogens with one attached hydrogen (secondary N) is 1. The molecule has 0 aliphatic carbocycles. The zero-order chi connectivity index (χ0) is 25.5. The number of hydrogen-bond donors (Lipinski definition) is 5. The molecule has 12 nitrogen and oxygen atoms in total. The number of β-lactam (4-membered cyclic amide) rings is 1. The highest BCUT2D eigenvalue weighted by Gasteiger charge is 2.66. The molecule has 2 fully saturated rings. The van der Waals surface area contributed by atoms with Crippen LogP contribution in [-0.2, 0) is 24.0 Å². The van der Waals surface area contributed by atoms with Gasteiger partial charge in [-0.3, -0.25) is 19.2 Å². The number of phenolic OH excluding ortho intramolecular Hbond substituents is 1. The molecule has 0 radical (unpaired) electrons. The third-order valence-corrected chi connectivity index (χ3v) is 7.57. The van der Waals surface area contributed by atoms with E-state index in [9.17, 15) is 34.2 Å². The number of hydrogen-bond acceptors (Lipinski definition) is 8. The maximum atomic E-state index is 13.6. The van der Waals surface area contributed by atoms with E-state index < -0.39 is 70.3 Å². The molecule has 2 saturated heterocycles. The number of phenols is 1. The van der Waals surface area contributed by atoms with Crippen LogP contribution in [0.4, 0.5) is 0 Å². The highest BCUT2D eigenvalue weighted by Crippen LogP contribution is 2.53. The first-order valence-electron chi connectivity index (χ1n) is 10.4. The van der Waals surface area contributed by atoms with Crippen LogP contribution in [0.1, 0.15) is 31.9 Å². The molecule has 3 rings (SSSR count). The predicted molar refractivity (Wildman–Crippen MR) is 121 cm³/mol. The zero-order valence-corrected chi connectivity index (χ0v) is 19.6. The van der Waals surface area contributed by atoms with Gasteiger partial charge in [-0.05, 0) is 38.6 Å². The number of carboxylic acid groups (broad SMARTS) is 1. The number of nitrogens with two attached hydrogens (primary N) is 2. The van der Waals surface area contributed by atoms with Gasteiger partial charge in [-0.25, -0.2) is 4.79 Å². The van der Waals surface area contributed by atoms with Crippen molar-refractivity contribution in [2.45, 2.75) is 54.6 Å². The number of thioether (sulfide) groups is 1. The number of likely N-dealkylation sites (N-methyl/N-ethyl adjacent to an activating group) is 1. The van der Waals surface area contributed by atoms with Gasteiger partial charge in [-0.2, -0.15) is 0 Å². The molecule has 5 atom stereocenters. The van der Waals surface area contributed by atoms with E-state index in [4.69, 9.17) is 11.5 Å². The summed E-state index contributed by atoms with van der Waals surface area (Å²) >= 11 is 1.20. The lowest BCUT2D eigenvalue weighted by molar-refractivity contribution is -0.172. The fourth-order valence-electron chi connectivity index (χ4n) is 4.49. The molecule has 0 aromatic heterocycles. The van der Waals surface area contributed by atoms with Crippen molar-refractivity contribution in [3.63, 3.8) is 0 Å². The number of amides is 4. The van der Waals surface area contributed by atoms with Gasteiger partial charge < -0.3 is 36.8 Å². The monoisotopic (exact) mass is 493 g/mol. The topological polar surface area (TPSA) is 196 Å². The zero-order valence-electron chi connectivity index (χ0n) is 18.8. The maximum absolute atomic E-state index is 13.6. The van der Waals surface area contributed by atoms with E-state index in [1.54, 1.807) is 13.8 Å². The molecule has 0 saturated carbocycles. The number of nitrogens with zero attached hydrogens (tertiary/aromatic N) is 2. The third-order valence-electron chi connectivity index (χ3n) is 6.01. The van der Waals surface area contributed by atoms with E-state index in [0.29, 0.717) is 0 Å². The Morgan fingerprint density at radius 3 is 2.26 bits per heavy atom. The molecular weight excluding hydrogens is 466 g/mol. The molecule has 0 spiro atoms. The Bertz CT molecular complexity index is 1030. The van der Waals surface area contributed by atoms with Gasteiger partial charge in [-0.1, -0.05) is 12.1 Å². The number of aliphatic carboxylic acids is 1. The number of fused-ring (bicyclic) bond motifs is 1. The molecular formula is C21H27N5O7S. The summed E-state index contributed by atoms with van der Waals surface area (Å²) in [7, 11) is 1.42. The molecule has 4 amide bonds. The molecule has 0 bridgehead atoms. The summed E-state index contributed by atoms with van der Waals surface area (Å²) in [6.07, 6.45) is -0.404. The standard InChI is InChI=1S/C21H27N5O7S/c1-21(2)15(20(32)33)26-18(31)14(19(26)34-21)25(17(30)11(24-3)8-12(22)28)13(16(23)29)9-4-6-10(27)7-5-9/h4-7,11,13-15,19,24,27H,8H2,1-3H3,(H2,22,28)(H2,23,29)(H,32,33)/t11-,13-,14-,15+,19-/m1/s1. The van der Waals surface area contributed by atoms with Crippen molar-refractivity contribution in [2.75, 3.05) is 7.05 Å². The molecule has 0 unspecified atom stereocenters. The minimum Gasteiger partial charge on any atom is -0.508 e. The molecule has 2 heterocycles. The first-order chi connectivity index (χ1) is 15.8. The summed E-state index contributed by atoms with van der Waals surface area (Å²) < 4.78 is -0.869. The highest BCUT2D eigenvalue weighted by molar-refractivity contribution is 8.01. The lowest BCUT2D eigenvalue weighted by Gasteiger charge is -2.50. The van der Waals surface area contributed by atoms with Crippen LogP contribution >= 0.6 is 11.8 Å². The number of aromatic hydroxyl groups is 1. The van der Waals surface area contributed by atoms with Crippen LogP contribution in [0, 0.1) is 0 Å². The van der Waals surface area contributed by atoms with E-state index in [1.165, 1.54) is 48.0 Å². The first kappa shape index (κ1) is 25.3. The third kappa shape index (κ3) is 4.28. The van der Waals surface area contributed by atoms with Crippen molar-refractivity contribution in [2.24, 2.45) is 11.5 Å². The summed E-state index contributed by atoms with van der Waals surface area (Å²) in [6.45, 7) is 3.36. The normalized spacial score (nSPS) is 24.5. The van der Waals surface area contributed by atoms with Gasteiger partial charge >= 0.3 is 5.97 Å². The molecule has 13 heteroatoms. The summed E-state index contributed by atoms with van der Waals surface area (Å²) in [5.74, 6) is -4.42. The van der Waals surface area contributed by atoms with Gasteiger partial charge in [0.25, 0.3) is 0 Å². The summed E-state index contributed by atoms with van der Waals surface area (Å²) in [5.41, 5.74) is 11.2.